The summed E-state index contributed by atoms with van der Waals surface area (Å²) in [4.78, 5) is 17.8. The van der Waals surface area contributed by atoms with Crippen molar-refractivity contribution in [1.82, 2.24) is 15.5 Å². The molecule has 3 aromatic rings. The molecule has 0 fully saturated rings. The second kappa shape index (κ2) is 6.57. The normalized spacial score (nSPS) is 11.5. The first-order valence-corrected chi connectivity index (χ1v) is 8.56. The van der Waals surface area contributed by atoms with Gasteiger partial charge in [-0.2, -0.15) is 0 Å². The van der Waals surface area contributed by atoms with Crippen LogP contribution in [0.3, 0.4) is 0 Å². The number of hydrogen-bond acceptors (Lipinski definition) is 5. The minimum Gasteiger partial charge on any atom is -0.360 e. The molecule has 24 heavy (non-hydrogen) atoms. The zero-order valence-electron chi connectivity index (χ0n) is 13.9. The quantitative estimate of drug-likeness (QED) is 0.766. The van der Waals surface area contributed by atoms with Crippen molar-refractivity contribution in [3.05, 3.63) is 58.9 Å². The van der Waals surface area contributed by atoms with Gasteiger partial charge in [-0.05, 0) is 30.0 Å². The molecule has 0 aliphatic carbocycles. The summed E-state index contributed by atoms with van der Waals surface area (Å²) in [7, 11) is 0. The summed E-state index contributed by atoms with van der Waals surface area (Å²) in [6, 6.07) is 7.77. The Kier molecular flexibility index (Phi) is 4.49. The summed E-state index contributed by atoms with van der Waals surface area (Å²) in [6.45, 7) is 6.40. The van der Waals surface area contributed by atoms with Gasteiger partial charge in [0.1, 0.15) is 17.0 Å². The second-order valence-electron chi connectivity index (χ2n) is 6.25. The lowest BCUT2D eigenvalue weighted by atomic mass is 9.85. The summed E-state index contributed by atoms with van der Waals surface area (Å²) in [5, 5.41) is 9.00. The third kappa shape index (κ3) is 3.23. The zero-order chi connectivity index (χ0) is 17.2. The smallest absolute Gasteiger partial charge is 0.257 e. The van der Waals surface area contributed by atoms with Crippen LogP contribution in [0.25, 0.3) is 10.6 Å². The van der Waals surface area contributed by atoms with Gasteiger partial charge in [-0.3, -0.25) is 9.78 Å². The fourth-order valence-electron chi connectivity index (χ4n) is 2.48. The molecule has 0 radical (unpaired) electrons. The molecule has 0 saturated carbocycles. The molecule has 6 heteroatoms. The maximum absolute atomic E-state index is 12.7. The molecule has 0 aliphatic rings. The summed E-state index contributed by atoms with van der Waals surface area (Å²) >= 11 is 1.53. The van der Waals surface area contributed by atoms with Crippen molar-refractivity contribution >= 4 is 17.2 Å². The lowest BCUT2D eigenvalue weighted by molar-refractivity contribution is 0.0944. The number of thiophene rings is 1. The summed E-state index contributed by atoms with van der Waals surface area (Å²) in [5.74, 6) is 0.351. The van der Waals surface area contributed by atoms with Crippen LogP contribution in [-0.4, -0.2) is 22.6 Å². The van der Waals surface area contributed by atoms with E-state index < -0.39 is 0 Å². The van der Waals surface area contributed by atoms with Gasteiger partial charge >= 0.3 is 0 Å². The molecule has 3 heterocycles. The number of carbonyl (C=O) groups excluding carboxylic acids is 1. The summed E-state index contributed by atoms with van der Waals surface area (Å²) in [6.07, 6.45) is 3.57. The van der Waals surface area contributed by atoms with Crippen LogP contribution in [-0.2, 0) is 5.41 Å². The molecule has 1 N–H and O–H groups in total. The van der Waals surface area contributed by atoms with Crippen molar-refractivity contribution < 1.29 is 9.32 Å². The summed E-state index contributed by atoms with van der Waals surface area (Å²) < 4.78 is 5.24. The van der Waals surface area contributed by atoms with Crippen LogP contribution in [0.15, 0.2) is 46.6 Å². The molecule has 0 bridgehead atoms. The SMILES string of the molecule is Cc1onc(-c2cccs2)c1C(=O)NCC(C)(C)c1cccnc1. The van der Waals surface area contributed by atoms with E-state index in [4.69, 9.17) is 4.52 Å². The number of aryl methyl sites for hydroxylation is 1. The Bertz CT molecular complexity index is 823. The van der Waals surface area contributed by atoms with E-state index >= 15 is 0 Å². The van der Waals surface area contributed by atoms with Gasteiger partial charge in [-0.25, -0.2) is 0 Å². The first-order valence-electron chi connectivity index (χ1n) is 7.68. The number of rotatable bonds is 5. The minimum absolute atomic E-state index is 0.172. The van der Waals surface area contributed by atoms with Crippen LogP contribution in [0.4, 0.5) is 0 Å². The molecule has 1 amide bonds. The summed E-state index contributed by atoms with van der Waals surface area (Å²) in [5.41, 5.74) is 1.95. The fourth-order valence-corrected chi connectivity index (χ4v) is 3.19. The average molecular weight is 341 g/mol. The van der Waals surface area contributed by atoms with E-state index in [-0.39, 0.29) is 11.3 Å². The van der Waals surface area contributed by atoms with E-state index in [1.807, 2.05) is 35.8 Å². The van der Waals surface area contributed by atoms with Gasteiger partial charge < -0.3 is 9.84 Å². The maximum Gasteiger partial charge on any atom is 0.257 e. The maximum atomic E-state index is 12.7. The van der Waals surface area contributed by atoms with E-state index in [9.17, 15) is 4.79 Å². The number of amides is 1. The van der Waals surface area contributed by atoms with E-state index in [1.54, 1.807) is 13.1 Å². The average Bonchev–Trinajstić information content (AvgIpc) is 3.23. The Balaban J connectivity index is 1.78. The predicted molar refractivity (Wildman–Crippen MR) is 94.1 cm³/mol. The standard InChI is InChI=1S/C18H19N3O2S/c1-12-15(16(21-23-12)14-7-5-9-24-14)17(22)20-11-18(2,3)13-6-4-8-19-10-13/h4-10H,11H2,1-3H3,(H,20,22). The van der Waals surface area contributed by atoms with Gasteiger partial charge in [0.05, 0.1) is 4.88 Å². The largest absolute Gasteiger partial charge is 0.360 e. The van der Waals surface area contributed by atoms with Gasteiger partial charge in [-0.1, -0.05) is 31.1 Å². The highest BCUT2D eigenvalue weighted by Crippen LogP contribution is 2.29. The van der Waals surface area contributed by atoms with E-state index in [0.29, 0.717) is 23.6 Å². The van der Waals surface area contributed by atoms with Gasteiger partial charge in [0.15, 0.2) is 0 Å². The van der Waals surface area contributed by atoms with E-state index in [1.165, 1.54) is 11.3 Å². The lowest BCUT2D eigenvalue weighted by Crippen LogP contribution is -2.37. The number of nitrogens with one attached hydrogen (secondary N) is 1. The van der Waals surface area contributed by atoms with E-state index in [0.717, 1.165) is 10.4 Å². The second-order valence-corrected chi connectivity index (χ2v) is 7.20. The molecule has 0 aliphatic heterocycles. The third-order valence-corrected chi connectivity index (χ3v) is 4.85. The minimum atomic E-state index is -0.224. The van der Waals surface area contributed by atoms with Crippen molar-refractivity contribution in [1.29, 1.82) is 0 Å². The van der Waals surface area contributed by atoms with Crippen LogP contribution in [0.5, 0.6) is 0 Å². The topological polar surface area (TPSA) is 68.0 Å². The highest BCUT2D eigenvalue weighted by Gasteiger charge is 2.26. The van der Waals surface area contributed by atoms with Crippen LogP contribution < -0.4 is 5.32 Å². The number of carbonyl (C=O) groups is 1. The molecule has 5 nitrogen and oxygen atoms in total. The Morgan fingerprint density at radius 2 is 2.17 bits per heavy atom. The molecular formula is C18H19N3O2S. The van der Waals surface area contributed by atoms with Crippen molar-refractivity contribution in [2.45, 2.75) is 26.2 Å². The highest BCUT2D eigenvalue weighted by atomic mass is 32.1. The first kappa shape index (κ1) is 16.4. The number of aromatic nitrogens is 2. The van der Waals surface area contributed by atoms with Crippen LogP contribution >= 0.6 is 11.3 Å². The number of nitrogens with zero attached hydrogens (tertiary/aromatic N) is 2. The molecule has 0 saturated heterocycles. The molecule has 0 atom stereocenters. The molecule has 124 valence electrons. The Labute approximate surface area is 144 Å². The lowest BCUT2D eigenvalue weighted by Gasteiger charge is -2.25. The number of hydrogen-bond donors (Lipinski definition) is 1. The first-order chi connectivity index (χ1) is 11.5. The highest BCUT2D eigenvalue weighted by molar-refractivity contribution is 7.13. The number of pyridine rings is 1. The predicted octanol–water partition coefficient (Wildman–Crippen LogP) is 3.81. The van der Waals surface area contributed by atoms with E-state index in [2.05, 4.69) is 29.3 Å². The van der Waals surface area contributed by atoms with Crippen LogP contribution in [0, 0.1) is 6.92 Å². The van der Waals surface area contributed by atoms with Crippen molar-refractivity contribution in [3.63, 3.8) is 0 Å². The van der Waals surface area contributed by atoms with Crippen molar-refractivity contribution in [3.8, 4) is 10.6 Å². The Morgan fingerprint density at radius 1 is 1.33 bits per heavy atom. The molecule has 3 rings (SSSR count). The fraction of sp³-hybridized carbons (Fsp3) is 0.278. The van der Waals surface area contributed by atoms with Gasteiger partial charge in [0.2, 0.25) is 0 Å². The molecule has 3 aromatic heterocycles. The van der Waals surface area contributed by atoms with Crippen LogP contribution in [0.1, 0.15) is 35.5 Å². The molecule has 0 spiro atoms. The van der Waals surface area contributed by atoms with Gasteiger partial charge in [0.25, 0.3) is 5.91 Å². The van der Waals surface area contributed by atoms with Gasteiger partial charge in [0, 0.05) is 24.4 Å². The van der Waals surface area contributed by atoms with Gasteiger partial charge in [-0.15, -0.1) is 11.3 Å². The van der Waals surface area contributed by atoms with Crippen molar-refractivity contribution in [2.75, 3.05) is 6.54 Å². The monoisotopic (exact) mass is 341 g/mol. The Morgan fingerprint density at radius 3 is 2.83 bits per heavy atom. The Hall–Kier alpha value is -2.47. The van der Waals surface area contributed by atoms with Crippen molar-refractivity contribution in [2.24, 2.45) is 0 Å². The van der Waals surface area contributed by atoms with Crippen LogP contribution in [0.2, 0.25) is 0 Å². The molecular weight excluding hydrogens is 322 g/mol. The molecule has 0 unspecified atom stereocenters. The zero-order valence-corrected chi connectivity index (χ0v) is 14.7. The molecule has 0 aromatic carbocycles. The third-order valence-electron chi connectivity index (χ3n) is 3.98.